The molecule has 0 aliphatic carbocycles. The molecule has 1 saturated heterocycles. The number of nitrogens with zero attached hydrogens (tertiary/aromatic N) is 2. The largest absolute Gasteiger partial charge is 0.465 e. The highest BCUT2D eigenvalue weighted by Gasteiger charge is 2.32. The first-order valence-corrected chi connectivity index (χ1v) is 6.82. The van der Waals surface area contributed by atoms with Crippen LogP contribution in [-0.2, 0) is 7.05 Å². The number of hydrogen-bond acceptors (Lipinski definition) is 3. The fourth-order valence-electron chi connectivity index (χ4n) is 3.10. The zero-order chi connectivity index (χ0) is 15.1. The molecule has 21 heavy (non-hydrogen) atoms. The Morgan fingerprint density at radius 1 is 1.43 bits per heavy atom. The molecular weight excluding hydrogens is 274 g/mol. The number of aliphatic hydroxyl groups is 1. The highest BCUT2D eigenvalue weighted by atomic mass is 16.4. The maximum atomic E-state index is 11.8. The quantitative estimate of drug-likeness (QED) is 0.720. The minimum absolute atomic E-state index is 0.0920. The normalized spacial score (nSPS) is 22.7. The number of H-pyrrole nitrogens is 1. The average molecular weight is 291 g/mol. The third kappa shape index (κ3) is 2.19. The lowest BCUT2D eigenvalue weighted by Gasteiger charge is -2.34. The number of fused-ring (bicyclic) bond motifs is 1. The van der Waals surface area contributed by atoms with E-state index in [1.54, 1.807) is 7.05 Å². The predicted octanol–water partition coefficient (Wildman–Crippen LogP) is 0.695. The second-order valence-corrected chi connectivity index (χ2v) is 5.42. The van der Waals surface area contributed by atoms with E-state index in [4.69, 9.17) is 5.11 Å². The van der Waals surface area contributed by atoms with Crippen LogP contribution in [0.3, 0.4) is 0 Å². The molecule has 1 amide bonds. The van der Waals surface area contributed by atoms with Crippen molar-refractivity contribution in [3.63, 3.8) is 0 Å². The Labute approximate surface area is 120 Å². The number of likely N-dealkylation sites (tertiary alicyclic amines) is 1. The van der Waals surface area contributed by atoms with Gasteiger partial charge in [-0.2, -0.15) is 0 Å². The van der Waals surface area contributed by atoms with Gasteiger partial charge >= 0.3 is 11.8 Å². The number of para-hydroxylation sites is 1. The minimum atomic E-state index is -1.01. The fourth-order valence-corrected chi connectivity index (χ4v) is 3.10. The Morgan fingerprint density at radius 3 is 2.86 bits per heavy atom. The summed E-state index contributed by atoms with van der Waals surface area (Å²) < 4.78 is 1.53. The van der Waals surface area contributed by atoms with Gasteiger partial charge in [-0.3, -0.25) is 4.57 Å². The lowest BCUT2D eigenvalue weighted by atomic mass is 9.86. The number of rotatable bonds is 1. The zero-order valence-corrected chi connectivity index (χ0v) is 11.6. The second-order valence-electron chi connectivity index (χ2n) is 5.42. The first kappa shape index (κ1) is 13.7. The molecule has 1 fully saturated rings. The Kier molecular flexibility index (Phi) is 3.21. The number of imidazole rings is 1. The molecule has 2 atom stereocenters. The van der Waals surface area contributed by atoms with Crippen molar-refractivity contribution >= 4 is 17.1 Å². The van der Waals surface area contributed by atoms with Gasteiger partial charge in [-0.25, -0.2) is 9.59 Å². The smallest absolute Gasteiger partial charge is 0.407 e. The SMILES string of the molecule is Cn1c(=O)[nH]c2cccc([C@H]3CCN(C(=O)O)C[C@@H]3O)c21. The number of hydrogen-bond donors (Lipinski definition) is 3. The number of β-amino-alcohol motifs (C(OH)–C–C–N with tert-alkyl or cyclic N) is 1. The molecule has 0 unspecified atom stereocenters. The number of benzene rings is 1. The molecule has 3 rings (SSSR count). The average Bonchev–Trinajstić information content (AvgIpc) is 2.74. The van der Waals surface area contributed by atoms with Gasteiger partial charge in [0.05, 0.1) is 23.7 Å². The second kappa shape index (κ2) is 4.92. The highest BCUT2D eigenvalue weighted by Crippen LogP contribution is 2.32. The van der Waals surface area contributed by atoms with Crippen LogP contribution in [0.2, 0.25) is 0 Å². The summed E-state index contributed by atoms with van der Waals surface area (Å²) >= 11 is 0. The summed E-state index contributed by atoms with van der Waals surface area (Å²) in [4.78, 5) is 26.7. The molecule has 2 heterocycles. The van der Waals surface area contributed by atoms with Gasteiger partial charge in [0.25, 0.3) is 0 Å². The van der Waals surface area contributed by atoms with Crippen molar-refractivity contribution in [1.29, 1.82) is 0 Å². The number of aromatic amines is 1. The number of aromatic nitrogens is 2. The van der Waals surface area contributed by atoms with Gasteiger partial charge in [-0.05, 0) is 18.1 Å². The molecule has 7 heteroatoms. The number of amides is 1. The fraction of sp³-hybridized carbons (Fsp3) is 0.429. The van der Waals surface area contributed by atoms with Gasteiger partial charge < -0.3 is 20.1 Å². The number of piperidine rings is 1. The summed E-state index contributed by atoms with van der Waals surface area (Å²) in [5.41, 5.74) is 2.18. The van der Waals surface area contributed by atoms with Crippen molar-refractivity contribution in [3.05, 3.63) is 34.2 Å². The van der Waals surface area contributed by atoms with Crippen LogP contribution in [0.15, 0.2) is 23.0 Å². The van der Waals surface area contributed by atoms with Gasteiger partial charge in [-0.1, -0.05) is 12.1 Å². The van der Waals surface area contributed by atoms with Crippen molar-refractivity contribution in [1.82, 2.24) is 14.5 Å². The first-order valence-electron chi connectivity index (χ1n) is 6.82. The minimum Gasteiger partial charge on any atom is -0.465 e. The number of carbonyl (C=O) groups is 1. The Bertz CT molecular complexity index is 748. The van der Waals surface area contributed by atoms with Crippen LogP contribution in [0, 0.1) is 0 Å². The molecule has 0 saturated carbocycles. The lowest BCUT2D eigenvalue weighted by Crippen LogP contribution is -2.45. The van der Waals surface area contributed by atoms with E-state index in [1.165, 1.54) is 9.47 Å². The summed E-state index contributed by atoms with van der Waals surface area (Å²) in [7, 11) is 1.68. The van der Waals surface area contributed by atoms with Crippen LogP contribution in [0.5, 0.6) is 0 Å². The molecule has 1 aromatic heterocycles. The third-order valence-corrected chi connectivity index (χ3v) is 4.20. The van der Waals surface area contributed by atoms with Crippen LogP contribution in [0.1, 0.15) is 17.9 Å². The Hall–Kier alpha value is -2.28. The van der Waals surface area contributed by atoms with E-state index in [9.17, 15) is 14.7 Å². The van der Waals surface area contributed by atoms with Crippen LogP contribution < -0.4 is 5.69 Å². The molecule has 0 spiro atoms. The number of aryl methyl sites for hydroxylation is 1. The Morgan fingerprint density at radius 2 is 2.19 bits per heavy atom. The summed E-state index contributed by atoms with van der Waals surface area (Å²) in [5, 5.41) is 19.3. The van der Waals surface area contributed by atoms with E-state index in [2.05, 4.69) is 4.98 Å². The summed E-state index contributed by atoms with van der Waals surface area (Å²) in [6.07, 6.45) is -1.25. The van der Waals surface area contributed by atoms with Gasteiger partial charge in [0, 0.05) is 19.5 Å². The van der Waals surface area contributed by atoms with E-state index >= 15 is 0 Å². The van der Waals surface area contributed by atoms with Crippen molar-refractivity contribution in [2.45, 2.75) is 18.4 Å². The van der Waals surface area contributed by atoms with Crippen molar-refractivity contribution < 1.29 is 15.0 Å². The van der Waals surface area contributed by atoms with Crippen LogP contribution in [-0.4, -0.2) is 50.0 Å². The van der Waals surface area contributed by atoms with E-state index in [0.717, 1.165) is 16.6 Å². The third-order valence-electron chi connectivity index (χ3n) is 4.20. The molecule has 112 valence electrons. The van der Waals surface area contributed by atoms with Crippen molar-refractivity contribution in [3.8, 4) is 0 Å². The summed E-state index contributed by atoms with van der Waals surface area (Å²) in [5.74, 6) is -0.175. The van der Waals surface area contributed by atoms with E-state index in [0.29, 0.717) is 13.0 Å². The standard InChI is InChI=1S/C14H17N3O4/c1-16-12-9(3-2-4-10(12)15-13(16)19)8-5-6-17(14(20)21)7-11(8)18/h2-4,8,11,18H,5-7H2,1H3,(H,15,19)(H,20,21)/t8-,11+/m1/s1. The number of nitrogens with one attached hydrogen (secondary N) is 1. The number of carboxylic acid groups (broad SMARTS) is 1. The van der Waals surface area contributed by atoms with E-state index < -0.39 is 12.2 Å². The van der Waals surface area contributed by atoms with E-state index in [-0.39, 0.29) is 18.2 Å². The van der Waals surface area contributed by atoms with Crippen molar-refractivity contribution in [2.24, 2.45) is 7.05 Å². The molecule has 2 aromatic rings. The molecule has 1 aliphatic rings. The number of aliphatic hydroxyl groups excluding tert-OH is 1. The maximum absolute atomic E-state index is 11.8. The van der Waals surface area contributed by atoms with Gasteiger partial charge in [-0.15, -0.1) is 0 Å². The topological polar surface area (TPSA) is 98.6 Å². The maximum Gasteiger partial charge on any atom is 0.407 e. The van der Waals surface area contributed by atoms with Gasteiger partial charge in [0.1, 0.15) is 0 Å². The van der Waals surface area contributed by atoms with Gasteiger partial charge in [0.15, 0.2) is 0 Å². The summed E-state index contributed by atoms with van der Waals surface area (Å²) in [6.45, 7) is 0.473. The molecule has 1 aliphatic heterocycles. The molecule has 7 nitrogen and oxygen atoms in total. The monoisotopic (exact) mass is 291 g/mol. The van der Waals surface area contributed by atoms with Crippen LogP contribution >= 0.6 is 0 Å². The molecular formula is C14H17N3O4. The van der Waals surface area contributed by atoms with Crippen LogP contribution in [0.25, 0.3) is 11.0 Å². The first-order chi connectivity index (χ1) is 9.99. The predicted molar refractivity (Wildman–Crippen MR) is 76.5 cm³/mol. The van der Waals surface area contributed by atoms with E-state index in [1.807, 2.05) is 18.2 Å². The highest BCUT2D eigenvalue weighted by molar-refractivity contribution is 5.79. The van der Waals surface area contributed by atoms with Gasteiger partial charge in [0.2, 0.25) is 0 Å². The molecule has 0 radical (unpaired) electrons. The molecule has 1 aromatic carbocycles. The summed E-state index contributed by atoms with van der Waals surface area (Å²) in [6, 6.07) is 5.54. The molecule has 0 bridgehead atoms. The van der Waals surface area contributed by atoms with Crippen molar-refractivity contribution in [2.75, 3.05) is 13.1 Å². The zero-order valence-electron chi connectivity index (χ0n) is 11.6. The Balaban J connectivity index is 2.02. The van der Waals surface area contributed by atoms with Crippen LogP contribution in [0.4, 0.5) is 4.79 Å². The molecule has 3 N–H and O–H groups in total. The lowest BCUT2D eigenvalue weighted by molar-refractivity contribution is 0.0507.